The lowest BCUT2D eigenvalue weighted by atomic mass is 9.93. The normalized spacial score (nSPS) is 16.1. The number of nitrogen functional groups attached to an aromatic ring is 1. The topological polar surface area (TPSA) is 75.9 Å². The van der Waals surface area contributed by atoms with Gasteiger partial charge in [-0.25, -0.2) is 10.8 Å². The molecule has 0 atom stereocenters. The third-order valence-corrected chi connectivity index (χ3v) is 2.90. The van der Waals surface area contributed by atoms with Crippen LogP contribution in [0.15, 0.2) is 10.7 Å². The molecule has 1 saturated carbocycles. The quantitative estimate of drug-likeness (QED) is 0.565. The largest absolute Gasteiger partial charge is 0.366 e. The fourth-order valence-electron chi connectivity index (χ4n) is 1.28. The van der Waals surface area contributed by atoms with E-state index in [-0.39, 0.29) is 0 Å². The minimum Gasteiger partial charge on any atom is -0.366 e. The van der Waals surface area contributed by atoms with E-state index in [9.17, 15) is 0 Å². The van der Waals surface area contributed by atoms with Gasteiger partial charge in [0.1, 0.15) is 5.82 Å². The van der Waals surface area contributed by atoms with Crippen LogP contribution in [-0.2, 0) is 0 Å². The monoisotopic (exact) mass is 257 g/mol. The van der Waals surface area contributed by atoms with E-state index in [4.69, 9.17) is 5.84 Å². The number of nitrogens with two attached hydrogens (primary N) is 1. The fraction of sp³-hybridized carbons (Fsp3) is 0.500. The lowest BCUT2D eigenvalue weighted by molar-refractivity contribution is 0.444. The Morgan fingerprint density at radius 2 is 2.29 bits per heavy atom. The van der Waals surface area contributed by atoms with Crippen LogP contribution in [0.25, 0.3) is 0 Å². The van der Waals surface area contributed by atoms with Gasteiger partial charge in [0.2, 0.25) is 5.95 Å². The second-order valence-electron chi connectivity index (χ2n) is 3.31. The summed E-state index contributed by atoms with van der Waals surface area (Å²) < 4.78 is 0.864. The van der Waals surface area contributed by atoms with Gasteiger partial charge in [0.25, 0.3) is 0 Å². The molecule has 1 aliphatic carbocycles. The van der Waals surface area contributed by atoms with Crippen LogP contribution < -0.4 is 16.6 Å². The van der Waals surface area contributed by atoms with Crippen molar-refractivity contribution in [1.82, 2.24) is 9.97 Å². The Balaban J connectivity index is 2.13. The Labute approximate surface area is 90.6 Å². The van der Waals surface area contributed by atoms with Gasteiger partial charge >= 0.3 is 0 Å². The van der Waals surface area contributed by atoms with Crippen molar-refractivity contribution in [2.24, 2.45) is 5.84 Å². The van der Waals surface area contributed by atoms with Gasteiger partial charge in [0.05, 0.1) is 4.47 Å². The van der Waals surface area contributed by atoms with E-state index in [1.807, 2.05) is 0 Å². The third kappa shape index (κ3) is 1.96. The first-order valence-corrected chi connectivity index (χ1v) is 5.34. The molecule has 4 N–H and O–H groups in total. The van der Waals surface area contributed by atoms with Crippen molar-refractivity contribution in [1.29, 1.82) is 0 Å². The first-order chi connectivity index (χ1) is 6.79. The molecule has 1 aromatic rings. The lowest BCUT2D eigenvalue weighted by Gasteiger charge is -2.27. The van der Waals surface area contributed by atoms with Crippen molar-refractivity contribution < 1.29 is 0 Å². The van der Waals surface area contributed by atoms with Crippen molar-refractivity contribution in [3.05, 3.63) is 10.7 Å². The van der Waals surface area contributed by atoms with Crippen LogP contribution in [0.4, 0.5) is 11.8 Å². The molecule has 76 valence electrons. The highest BCUT2D eigenvalue weighted by Gasteiger charge is 2.18. The standard InChI is InChI=1S/C8H12BrN5/c9-6-4-11-8(14-10)13-7(6)12-5-2-1-3-5/h4-5H,1-3,10H2,(H2,11,12,13,14). The molecule has 5 nitrogen and oxygen atoms in total. The molecule has 6 heteroatoms. The molecule has 0 radical (unpaired) electrons. The van der Waals surface area contributed by atoms with Gasteiger partial charge < -0.3 is 5.32 Å². The number of halogens is 1. The van der Waals surface area contributed by atoms with E-state index in [2.05, 4.69) is 36.6 Å². The van der Waals surface area contributed by atoms with E-state index < -0.39 is 0 Å². The highest BCUT2D eigenvalue weighted by atomic mass is 79.9. The molecule has 0 amide bonds. The third-order valence-electron chi connectivity index (χ3n) is 2.32. The van der Waals surface area contributed by atoms with Crippen LogP contribution in [-0.4, -0.2) is 16.0 Å². The number of nitrogens with zero attached hydrogens (tertiary/aromatic N) is 2. The lowest BCUT2D eigenvalue weighted by Crippen LogP contribution is -2.28. The minimum atomic E-state index is 0.426. The predicted octanol–water partition coefficient (Wildman–Crippen LogP) is 1.49. The highest BCUT2D eigenvalue weighted by molar-refractivity contribution is 9.10. The molecule has 1 aromatic heterocycles. The summed E-state index contributed by atoms with van der Waals surface area (Å²) in [4.78, 5) is 8.18. The minimum absolute atomic E-state index is 0.426. The molecule has 0 aromatic carbocycles. The zero-order chi connectivity index (χ0) is 9.97. The molecule has 2 rings (SSSR count). The van der Waals surface area contributed by atoms with Gasteiger partial charge in [-0.3, -0.25) is 5.43 Å². The summed E-state index contributed by atoms with van der Waals surface area (Å²) in [6, 6.07) is 0.548. The molecule has 1 heterocycles. The van der Waals surface area contributed by atoms with Gasteiger partial charge in [-0.15, -0.1) is 0 Å². The van der Waals surface area contributed by atoms with Crippen LogP contribution >= 0.6 is 15.9 Å². The van der Waals surface area contributed by atoms with Gasteiger partial charge in [0.15, 0.2) is 0 Å². The maximum absolute atomic E-state index is 5.23. The van der Waals surface area contributed by atoms with Gasteiger partial charge in [-0.1, -0.05) is 0 Å². The Morgan fingerprint density at radius 1 is 1.50 bits per heavy atom. The van der Waals surface area contributed by atoms with Crippen LogP contribution in [0.5, 0.6) is 0 Å². The molecule has 0 saturated heterocycles. The number of hydrogen-bond acceptors (Lipinski definition) is 5. The molecule has 1 fully saturated rings. The molecule has 14 heavy (non-hydrogen) atoms. The van der Waals surface area contributed by atoms with E-state index in [0.29, 0.717) is 12.0 Å². The average Bonchev–Trinajstić information content (AvgIpc) is 2.14. The Morgan fingerprint density at radius 3 is 2.86 bits per heavy atom. The number of hydrogen-bond donors (Lipinski definition) is 3. The summed E-state index contributed by atoms with van der Waals surface area (Å²) in [5.41, 5.74) is 2.42. The number of rotatable bonds is 3. The van der Waals surface area contributed by atoms with Gasteiger partial charge in [0, 0.05) is 12.2 Å². The number of nitrogens with one attached hydrogen (secondary N) is 2. The number of anilines is 2. The average molecular weight is 258 g/mol. The second kappa shape index (κ2) is 4.10. The first kappa shape index (κ1) is 9.67. The zero-order valence-electron chi connectivity index (χ0n) is 7.63. The van der Waals surface area contributed by atoms with E-state index in [0.717, 1.165) is 10.3 Å². The van der Waals surface area contributed by atoms with Gasteiger partial charge in [-0.05, 0) is 35.2 Å². The van der Waals surface area contributed by atoms with Crippen LogP contribution in [0.2, 0.25) is 0 Å². The smallest absolute Gasteiger partial charge is 0.239 e. The number of aromatic nitrogens is 2. The van der Waals surface area contributed by atoms with Crippen molar-refractivity contribution in [3.8, 4) is 0 Å². The summed E-state index contributed by atoms with van der Waals surface area (Å²) in [5.74, 6) is 6.46. The number of hydrazine groups is 1. The van der Waals surface area contributed by atoms with E-state index >= 15 is 0 Å². The van der Waals surface area contributed by atoms with Crippen LogP contribution in [0, 0.1) is 0 Å². The Kier molecular flexibility index (Phi) is 2.83. The molecular formula is C8H12BrN5. The maximum Gasteiger partial charge on any atom is 0.239 e. The fourth-order valence-corrected chi connectivity index (χ4v) is 1.59. The molecular weight excluding hydrogens is 246 g/mol. The summed E-state index contributed by atoms with van der Waals surface area (Å²) in [5, 5.41) is 3.33. The zero-order valence-corrected chi connectivity index (χ0v) is 9.21. The summed E-state index contributed by atoms with van der Waals surface area (Å²) in [6.07, 6.45) is 5.40. The maximum atomic E-state index is 5.23. The van der Waals surface area contributed by atoms with Crippen LogP contribution in [0.3, 0.4) is 0 Å². The Bertz CT molecular complexity index is 326. The second-order valence-corrected chi connectivity index (χ2v) is 4.16. The summed E-state index contributed by atoms with van der Waals surface area (Å²) in [7, 11) is 0. The van der Waals surface area contributed by atoms with Crippen molar-refractivity contribution in [2.45, 2.75) is 25.3 Å². The molecule has 0 aliphatic heterocycles. The SMILES string of the molecule is NNc1ncc(Br)c(NC2CCC2)n1. The van der Waals surface area contributed by atoms with Crippen molar-refractivity contribution in [2.75, 3.05) is 10.7 Å². The highest BCUT2D eigenvalue weighted by Crippen LogP contribution is 2.26. The molecule has 0 bridgehead atoms. The van der Waals surface area contributed by atoms with Gasteiger partial charge in [-0.2, -0.15) is 4.98 Å². The Hall–Kier alpha value is -0.880. The molecule has 1 aliphatic rings. The molecule has 0 spiro atoms. The molecule has 0 unspecified atom stereocenters. The van der Waals surface area contributed by atoms with Crippen molar-refractivity contribution in [3.63, 3.8) is 0 Å². The summed E-state index contributed by atoms with van der Waals surface area (Å²) >= 11 is 3.39. The predicted molar refractivity (Wildman–Crippen MR) is 58.8 cm³/mol. The van der Waals surface area contributed by atoms with E-state index in [1.54, 1.807) is 6.20 Å². The first-order valence-electron chi connectivity index (χ1n) is 4.55. The van der Waals surface area contributed by atoms with Crippen molar-refractivity contribution >= 4 is 27.7 Å². The summed E-state index contributed by atoms with van der Waals surface area (Å²) in [6.45, 7) is 0. The van der Waals surface area contributed by atoms with E-state index in [1.165, 1.54) is 19.3 Å². The van der Waals surface area contributed by atoms with Crippen LogP contribution in [0.1, 0.15) is 19.3 Å².